The summed E-state index contributed by atoms with van der Waals surface area (Å²) in [6.07, 6.45) is 0. The Kier molecular flexibility index (Phi) is 7.02. The first-order valence-electron chi connectivity index (χ1n) is 9.64. The lowest BCUT2D eigenvalue weighted by Crippen LogP contribution is -2.50. The first-order chi connectivity index (χ1) is 14.2. The van der Waals surface area contributed by atoms with Crippen molar-refractivity contribution in [2.75, 3.05) is 45.2 Å². The highest BCUT2D eigenvalue weighted by molar-refractivity contribution is 7.89. The summed E-state index contributed by atoms with van der Waals surface area (Å²) in [7, 11) is -2.01. The average molecular weight is 452 g/mol. The fourth-order valence-electron chi connectivity index (χ4n) is 3.30. The number of hydrogen-bond donors (Lipinski definition) is 1. The van der Waals surface area contributed by atoms with Gasteiger partial charge in [-0.25, -0.2) is 8.42 Å². The monoisotopic (exact) mass is 451 g/mol. The van der Waals surface area contributed by atoms with Crippen LogP contribution in [0.1, 0.15) is 11.1 Å². The van der Waals surface area contributed by atoms with Gasteiger partial charge in [-0.1, -0.05) is 17.7 Å². The maximum atomic E-state index is 12.9. The van der Waals surface area contributed by atoms with Crippen LogP contribution in [-0.4, -0.2) is 63.4 Å². The molecule has 1 fully saturated rings. The molecule has 0 aromatic heterocycles. The van der Waals surface area contributed by atoms with Crippen LogP contribution in [0.2, 0.25) is 5.02 Å². The number of ether oxygens (including phenoxy) is 1. The first kappa shape index (κ1) is 22.6. The molecule has 162 valence electrons. The molecule has 1 aliphatic rings. The van der Waals surface area contributed by atoms with Crippen molar-refractivity contribution in [1.82, 2.24) is 9.21 Å². The number of methoxy groups -OCH3 is 1. The van der Waals surface area contributed by atoms with Gasteiger partial charge in [-0.3, -0.25) is 9.69 Å². The van der Waals surface area contributed by atoms with E-state index in [4.69, 9.17) is 16.3 Å². The topological polar surface area (TPSA) is 79.0 Å². The van der Waals surface area contributed by atoms with E-state index in [0.717, 1.165) is 11.1 Å². The van der Waals surface area contributed by atoms with E-state index < -0.39 is 10.0 Å². The molecule has 0 atom stereocenters. The maximum Gasteiger partial charge on any atom is 0.243 e. The molecule has 0 unspecified atom stereocenters. The third-order valence-corrected chi connectivity index (χ3v) is 7.44. The Morgan fingerprint density at radius 3 is 2.37 bits per heavy atom. The SMILES string of the molecule is COc1ccc(NC(=O)CN2CCN(S(=O)(=O)c3ccc(C)c(C)c3)CC2)cc1Cl. The largest absolute Gasteiger partial charge is 0.495 e. The molecule has 0 saturated carbocycles. The van der Waals surface area contributed by atoms with Crippen LogP contribution >= 0.6 is 11.6 Å². The lowest BCUT2D eigenvalue weighted by atomic mass is 10.1. The first-order valence-corrected chi connectivity index (χ1v) is 11.5. The Morgan fingerprint density at radius 2 is 1.77 bits per heavy atom. The lowest BCUT2D eigenvalue weighted by molar-refractivity contribution is -0.117. The van der Waals surface area contributed by atoms with Crippen LogP contribution in [0.5, 0.6) is 5.75 Å². The molecule has 1 heterocycles. The molecule has 2 aromatic carbocycles. The van der Waals surface area contributed by atoms with E-state index in [1.54, 1.807) is 30.3 Å². The smallest absolute Gasteiger partial charge is 0.243 e. The summed E-state index contributed by atoms with van der Waals surface area (Å²) in [4.78, 5) is 14.6. The van der Waals surface area contributed by atoms with Crippen LogP contribution in [0.15, 0.2) is 41.3 Å². The van der Waals surface area contributed by atoms with Crippen LogP contribution in [0.25, 0.3) is 0 Å². The van der Waals surface area contributed by atoms with Crippen molar-refractivity contribution in [1.29, 1.82) is 0 Å². The normalized spacial score (nSPS) is 15.7. The van der Waals surface area contributed by atoms with Crippen LogP contribution in [0, 0.1) is 13.8 Å². The summed E-state index contributed by atoms with van der Waals surface area (Å²) in [6, 6.07) is 10.2. The second-order valence-electron chi connectivity index (χ2n) is 7.32. The highest BCUT2D eigenvalue weighted by Crippen LogP contribution is 2.27. The van der Waals surface area contributed by atoms with Gasteiger partial charge in [0.2, 0.25) is 15.9 Å². The lowest BCUT2D eigenvalue weighted by Gasteiger charge is -2.33. The number of nitrogens with one attached hydrogen (secondary N) is 1. The Labute approximate surface area is 182 Å². The van der Waals surface area contributed by atoms with E-state index >= 15 is 0 Å². The minimum Gasteiger partial charge on any atom is -0.495 e. The number of carbonyl (C=O) groups is 1. The number of aryl methyl sites for hydroxylation is 2. The molecule has 1 saturated heterocycles. The van der Waals surface area contributed by atoms with Crippen LogP contribution in [0.3, 0.4) is 0 Å². The Balaban J connectivity index is 1.55. The molecule has 3 rings (SSSR count). The molecule has 30 heavy (non-hydrogen) atoms. The van der Waals surface area contributed by atoms with E-state index in [1.165, 1.54) is 11.4 Å². The third kappa shape index (κ3) is 5.13. The molecular weight excluding hydrogens is 426 g/mol. The predicted octanol–water partition coefficient (Wildman–Crippen LogP) is 2.91. The summed E-state index contributed by atoms with van der Waals surface area (Å²) in [5.74, 6) is 0.359. The molecule has 2 aromatic rings. The molecule has 1 amide bonds. The second-order valence-corrected chi connectivity index (χ2v) is 9.67. The molecule has 7 nitrogen and oxygen atoms in total. The molecule has 0 spiro atoms. The molecule has 0 aliphatic carbocycles. The van der Waals surface area contributed by atoms with Gasteiger partial charge in [0, 0.05) is 31.9 Å². The molecule has 1 aliphatic heterocycles. The van der Waals surface area contributed by atoms with Gasteiger partial charge >= 0.3 is 0 Å². The number of nitrogens with zero attached hydrogens (tertiary/aromatic N) is 2. The van der Waals surface area contributed by atoms with E-state index in [1.807, 2.05) is 24.8 Å². The minimum atomic E-state index is -3.53. The van der Waals surface area contributed by atoms with Crippen molar-refractivity contribution in [3.63, 3.8) is 0 Å². The fourth-order valence-corrected chi connectivity index (χ4v) is 5.06. The summed E-state index contributed by atoms with van der Waals surface area (Å²) in [5.41, 5.74) is 2.59. The molecular formula is C21H26ClN3O4S. The average Bonchev–Trinajstić information content (AvgIpc) is 2.70. The van der Waals surface area contributed by atoms with E-state index in [9.17, 15) is 13.2 Å². The summed E-state index contributed by atoms with van der Waals surface area (Å²) in [6.45, 7) is 5.70. The Hall–Kier alpha value is -2.13. The summed E-state index contributed by atoms with van der Waals surface area (Å²) in [5, 5.41) is 3.22. The zero-order chi connectivity index (χ0) is 21.9. The van der Waals surface area contributed by atoms with Gasteiger partial charge < -0.3 is 10.1 Å². The van der Waals surface area contributed by atoms with Gasteiger partial charge in [-0.2, -0.15) is 4.31 Å². The van der Waals surface area contributed by atoms with Crippen molar-refractivity contribution < 1.29 is 17.9 Å². The van der Waals surface area contributed by atoms with Gasteiger partial charge in [0.05, 0.1) is 23.6 Å². The number of amides is 1. The van der Waals surface area contributed by atoms with Crippen LogP contribution in [-0.2, 0) is 14.8 Å². The molecule has 1 N–H and O–H groups in total. The highest BCUT2D eigenvalue weighted by Gasteiger charge is 2.29. The Morgan fingerprint density at radius 1 is 1.07 bits per heavy atom. The van der Waals surface area contributed by atoms with Gasteiger partial charge in [0.1, 0.15) is 5.75 Å². The zero-order valence-electron chi connectivity index (χ0n) is 17.3. The van der Waals surface area contributed by atoms with Crippen LogP contribution < -0.4 is 10.1 Å². The van der Waals surface area contributed by atoms with Crippen LogP contribution in [0.4, 0.5) is 5.69 Å². The van der Waals surface area contributed by atoms with Gasteiger partial charge in [-0.05, 0) is 55.3 Å². The van der Waals surface area contributed by atoms with E-state index in [-0.39, 0.29) is 12.5 Å². The van der Waals surface area contributed by atoms with Crippen molar-refractivity contribution in [3.05, 3.63) is 52.5 Å². The Bertz CT molecular complexity index is 1030. The van der Waals surface area contributed by atoms with Gasteiger partial charge in [0.15, 0.2) is 0 Å². The van der Waals surface area contributed by atoms with Gasteiger partial charge in [0.25, 0.3) is 0 Å². The van der Waals surface area contributed by atoms with E-state index in [0.29, 0.717) is 47.5 Å². The maximum absolute atomic E-state index is 12.9. The standard InChI is InChI=1S/C21H26ClN3O4S/c1-15-4-6-18(12-16(15)2)30(27,28)25-10-8-24(9-11-25)14-21(26)23-17-5-7-20(29-3)19(22)13-17/h4-7,12-13H,8-11,14H2,1-3H3,(H,23,26). The third-order valence-electron chi connectivity index (χ3n) is 5.25. The number of hydrogen-bond acceptors (Lipinski definition) is 5. The van der Waals surface area contributed by atoms with Crippen molar-refractivity contribution in [3.8, 4) is 5.75 Å². The van der Waals surface area contributed by atoms with Crippen molar-refractivity contribution in [2.24, 2.45) is 0 Å². The number of sulfonamides is 1. The van der Waals surface area contributed by atoms with Crippen molar-refractivity contribution in [2.45, 2.75) is 18.7 Å². The minimum absolute atomic E-state index is 0.179. The quantitative estimate of drug-likeness (QED) is 0.730. The van der Waals surface area contributed by atoms with E-state index in [2.05, 4.69) is 5.32 Å². The summed E-state index contributed by atoms with van der Waals surface area (Å²) < 4.78 is 32.4. The number of piperazine rings is 1. The molecule has 9 heteroatoms. The predicted molar refractivity (Wildman–Crippen MR) is 118 cm³/mol. The molecule has 0 bridgehead atoms. The zero-order valence-corrected chi connectivity index (χ0v) is 18.9. The summed E-state index contributed by atoms with van der Waals surface area (Å²) >= 11 is 6.08. The second kappa shape index (κ2) is 9.34. The number of carbonyl (C=O) groups excluding carboxylic acids is 1. The number of halogens is 1. The molecule has 0 radical (unpaired) electrons. The van der Waals surface area contributed by atoms with Gasteiger partial charge in [-0.15, -0.1) is 0 Å². The highest BCUT2D eigenvalue weighted by atomic mass is 35.5. The fraction of sp³-hybridized carbons (Fsp3) is 0.381. The number of rotatable bonds is 6. The number of benzene rings is 2. The number of anilines is 1. The van der Waals surface area contributed by atoms with Crippen molar-refractivity contribution >= 4 is 33.2 Å².